The highest BCUT2D eigenvalue weighted by Crippen LogP contribution is 2.17. The fraction of sp³-hybridized carbons (Fsp3) is 0.143. The third kappa shape index (κ3) is 6.33. The highest BCUT2D eigenvalue weighted by Gasteiger charge is 2.11. The second-order valence-corrected chi connectivity index (χ2v) is 8.19. The minimum absolute atomic E-state index is 0.147. The summed E-state index contributed by atoms with van der Waals surface area (Å²) in [4.78, 5) is 24.4. The van der Waals surface area contributed by atoms with Crippen LogP contribution in [0.3, 0.4) is 0 Å². The van der Waals surface area contributed by atoms with Crippen molar-refractivity contribution < 1.29 is 9.59 Å². The van der Waals surface area contributed by atoms with Gasteiger partial charge in [-0.1, -0.05) is 63.7 Å². The van der Waals surface area contributed by atoms with Crippen LogP contribution in [-0.4, -0.2) is 28.6 Å². The van der Waals surface area contributed by atoms with Crippen LogP contribution in [0.1, 0.15) is 27.9 Å². The lowest BCUT2D eigenvalue weighted by molar-refractivity contribution is -0.112. The topological polar surface area (TPSA) is 84.0 Å². The van der Waals surface area contributed by atoms with Gasteiger partial charge in [-0.15, -0.1) is 10.2 Å². The third-order valence-electron chi connectivity index (χ3n) is 3.94. The molecule has 0 fully saturated rings. The van der Waals surface area contributed by atoms with Crippen molar-refractivity contribution in [2.45, 2.75) is 13.3 Å². The highest BCUT2D eigenvalue weighted by atomic mass is 79.9. The van der Waals surface area contributed by atoms with Crippen LogP contribution < -0.4 is 10.6 Å². The zero-order valence-corrected chi connectivity index (χ0v) is 18.1. The number of carbonyl (C=O) groups is 2. The Morgan fingerprint density at radius 1 is 1.10 bits per heavy atom. The molecule has 1 heterocycles. The van der Waals surface area contributed by atoms with Crippen molar-refractivity contribution in [2.24, 2.45) is 0 Å². The number of nitrogens with one attached hydrogen (secondary N) is 2. The van der Waals surface area contributed by atoms with E-state index in [1.54, 1.807) is 19.1 Å². The second-order valence-electron chi connectivity index (χ2n) is 6.21. The predicted octanol–water partition coefficient (Wildman–Crippen LogP) is 4.32. The van der Waals surface area contributed by atoms with Crippen LogP contribution >= 0.6 is 27.3 Å². The van der Waals surface area contributed by atoms with Crippen molar-refractivity contribution >= 4 is 50.3 Å². The van der Waals surface area contributed by atoms with Gasteiger partial charge in [0, 0.05) is 28.6 Å². The van der Waals surface area contributed by atoms with E-state index in [0.717, 1.165) is 15.0 Å². The van der Waals surface area contributed by atoms with Gasteiger partial charge in [-0.25, -0.2) is 0 Å². The van der Waals surface area contributed by atoms with Gasteiger partial charge in [0.2, 0.25) is 5.13 Å². The summed E-state index contributed by atoms with van der Waals surface area (Å²) in [6, 6.07) is 16.8. The molecule has 0 aliphatic rings. The molecule has 2 amide bonds. The van der Waals surface area contributed by atoms with E-state index in [0.29, 0.717) is 29.2 Å². The van der Waals surface area contributed by atoms with E-state index < -0.39 is 0 Å². The number of halogens is 1. The average Bonchev–Trinajstić information content (AvgIpc) is 3.15. The van der Waals surface area contributed by atoms with Gasteiger partial charge in [0.1, 0.15) is 5.01 Å². The Morgan fingerprint density at radius 3 is 2.66 bits per heavy atom. The maximum absolute atomic E-state index is 12.3. The molecular formula is C21H19BrN4O2S. The van der Waals surface area contributed by atoms with Crippen molar-refractivity contribution in [2.75, 3.05) is 11.9 Å². The number of nitrogens with zero attached hydrogens (tertiary/aromatic N) is 2. The summed E-state index contributed by atoms with van der Waals surface area (Å²) in [5.74, 6) is -0.370. The van der Waals surface area contributed by atoms with Gasteiger partial charge in [-0.2, -0.15) is 0 Å². The molecule has 0 bridgehead atoms. The fourth-order valence-electron chi connectivity index (χ4n) is 2.48. The minimum Gasteiger partial charge on any atom is -0.352 e. The highest BCUT2D eigenvalue weighted by molar-refractivity contribution is 9.10. The molecule has 0 aliphatic heterocycles. The number of amides is 2. The van der Waals surface area contributed by atoms with Gasteiger partial charge in [-0.05, 0) is 36.8 Å². The SMILES string of the molecule is C/C(=C\c1ccccc1)C(=O)Nc1nnc(CCNC(=O)c2cccc(Br)c2)s1. The maximum atomic E-state index is 12.3. The van der Waals surface area contributed by atoms with Crippen LogP contribution in [0.2, 0.25) is 0 Å². The summed E-state index contributed by atoms with van der Waals surface area (Å²) < 4.78 is 0.853. The van der Waals surface area contributed by atoms with Crippen LogP contribution in [0.15, 0.2) is 64.6 Å². The number of hydrogen-bond donors (Lipinski definition) is 2. The van der Waals surface area contributed by atoms with Gasteiger partial charge in [0.25, 0.3) is 11.8 Å². The molecule has 29 heavy (non-hydrogen) atoms. The van der Waals surface area contributed by atoms with Crippen molar-refractivity contribution in [3.8, 4) is 0 Å². The summed E-state index contributed by atoms with van der Waals surface area (Å²) in [5, 5.41) is 14.9. The molecule has 148 valence electrons. The van der Waals surface area contributed by atoms with E-state index in [4.69, 9.17) is 0 Å². The largest absolute Gasteiger partial charge is 0.352 e. The molecule has 2 N–H and O–H groups in total. The number of rotatable bonds is 7. The van der Waals surface area contributed by atoms with E-state index in [1.807, 2.05) is 48.5 Å². The normalized spacial score (nSPS) is 11.2. The Balaban J connectivity index is 1.49. The van der Waals surface area contributed by atoms with Crippen molar-refractivity contribution in [1.29, 1.82) is 0 Å². The number of carbonyl (C=O) groups excluding carboxylic acids is 2. The lowest BCUT2D eigenvalue weighted by atomic mass is 10.1. The van der Waals surface area contributed by atoms with Crippen molar-refractivity contribution in [1.82, 2.24) is 15.5 Å². The van der Waals surface area contributed by atoms with Gasteiger partial charge in [0.15, 0.2) is 0 Å². The summed E-state index contributed by atoms with van der Waals surface area (Å²) in [7, 11) is 0. The maximum Gasteiger partial charge on any atom is 0.253 e. The molecule has 0 unspecified atom stereocenters. The summed E-state index contributed by atoms with van der Waals surface area (Å²) in [6.45, 7) is 2.18. The minimum atomic E-state index is -0.223. The molecule has 3 aromatic rings. The zero-order valence-electron chi connectivity index (χ0n) is 15.7. The zero-order chi connectivity index (χ0) is 20.6. The molecule has 0 spiro atoms. The predicted molar refractivity (Wildman–Crippen MR) is 119 cm³/mol. The Labute approximate surface area is 181 Å². The smallest absolute Gasteiger partial charge is 0.253 e. The van der Waals surface area contributed by atoms with Crippen LogP contribution in [0.4, 0.5) is 5.13 Å². The van der Waals surface area contributed by atoms with E-state index in [1.165, 1.54) is 11.3 Å². The van der Waals surface area contributed by atoms with Crippen LogP contribution in [-0.2, 0) is 11.2 Å². The third-order valence-corrected chi connectivity index (χ3v) is 5.33. The van der Waals surface area contributed by atoms with E-state index in [2.05, 4.69) is 36.8 Å². The number of hydrogen-bond acceptors (Lipinski definition) is 5. The Morgan fingerprint density at radius 2 is 1.90 bits per heavy atom. The molecule has 3 rings (SSSR count). The molecule has 6 nitrogen and oxygen atoms in total. The monoisotopic (exact) mass is 470 g/mol. The first-order valence-corrected chi connectivity index (χ1v) is 10.5. The first kappa shape index (κ1) is 20.9. The van der Waals surface area contributed by atoms with Crippen LogP contribution in [0.5, 0.6) is 0 Å². The molecule has 0 aliphatic carbocycles. The molecule has 0 saturated carbocycles. The summed E-state index contributed by atoms with van der Waals surface area (Å²) >= 11 is 4.65. The van der Waals surface area contributed by atoms with E-state index in [9.17, 15) is 9.59 Å². The van der Waals surface area contributed by atoms with Crippen molar-refractivity contribution in [3.05, 3.63) is 80.8 Å². The number of aromatic nitrogens is 2. The van der Waals surface area contributed by atoms with Crippen molar-refractivity contribution in [3.63, 3.8) is 0 Å². The van der Waals surface area contributed by atoms with Gasteiger partial charge >= 0.3 is 0 Å². The lowest BCUT2D eigenvalue weighted by Crippen LogP contribution is -2.25. The van der Waals surface area contributed by atoms with E-state index in [-0.39, 0.29) is 11.8 Å². The number of anilines is 1. The Kier molecular flexibility index (Phi) is 7.26. The van der Waals surface area contributed by atoms with Crippen LogP contribution in [0, 0.1) is 0 Å². The fourth-order valence-corrected chi connectivity index (χ4v) is 3.61. The molecule has 0 atom stereocenters. The quantitative estimate of drug-likeness (QED) is 0.503. The van der Waals surface area contributed by atoms with Gasteiger partial charge in [0.05, 0.1) is 0 Å². The first-order valence-electron chi connectivity index (χ1n) is 8.92. The molecule has 1 aromatic heterocycles. The van der Waals surface area contributed by atoms with Gasteiger partial charge in [-0.3, -0.25) is 14.9 Å². The number of benzene rings is 2. The summed E-state index contributed by atoms with van der Waals surface area (Å²) in [5.41, 5.74) is 2.12. The lowest BCUT2D eigenvalue weighted by Gasteiger charge is -2.04. The molecule has 0 saturated heterocycles. The standard InChI is InChI=1S/C21H19BrN4O2S/c1-14(12-15-6-3-2-4-7-15)19(27)24-21-26-25-18(29-21)10-11-23-20(28)16-8-5-9-17(22)13-16/h2-9,12-13H,10-11H2,1H3,(H,23,28)(H,24,26,27)/b14-12+. The Bertz CT molecular complexity index is 1030. The molecule has 8 heteroatoms. The van der Waals surface area contributed by atoms with Gasteiger partial charge < -0.3 is 5.32 Å². The Hall–Kier alpha value is -2.84. The first-order chi connectivity index (χ1) is 14.0. The average molecular weight is 471 g/mol. The van der Waals surface area contributed by atoms with E-state index >= 15 is 0 Å². The summed E-state index contributed by atoms with van der Waals surface area (Å²) in [6.07, 6.45) is 2.35. The molecular weight excluding hydrogens is 452 g/mol. The molecule has 2 aromatic carbocycles. The second kappa shape index (κ2) is 10.1. The molecule has 0 radical (unpaired) electrons. The van der Waals surface area contributed by atoms with Crippen LogP contribution in [0.25, 0.3) is 6.08 Å².